The van der Waals surface area contributed by atoms with Crippen LogP contribution in [0.3, 0.4) is 0 Å². The van der Waals surface area contributed by atoms with E-state index < -0.39 is 51.2 Å². The molecular weight excluding hydrogens is 275 g/mol. The van der Waals surface area contributed by atoms with Gasteiger partial charge in [0.2, 0.25) is 0 Å². The average Bonchev–Trinajstić information content (AvgIpc) is 2.31. The lowest BCUT2D eigenvalue weighted by Gasteiger charge is -2.24. The topological polar surface area (TPSA) is 185 Å². The molecule has 0 spiro atoms. The van der Waals surface area contributed by atoms with E-state index in [0.717, 1.165) is 0 Å². The fourth-order valence-corrected chi connectivity index (χ4v) is 1.24. The van der Waals surface area contributed by atoms with Gasteiger partial charge in [-0.3, -0.25) is 9.32 Å². The van der Waals surface area contributed by atoms with Crippen molar-refractivity contribution >= 4 is 13.6 Å². The Balaban J connectivity index is 4.41. The average molecular weight is 290 g/mol. The van der Waals surface area contributed by atoms with Crippen molar-refractivity contribution in [3.63, 3.8) is 0 Å². The number of carbonyl (C=O) groups is 1. The SMILES string of the molecule is O=C(COP(=O)(O)O)[C@@H](O)[C@H](O)[C@H](O)[C@H](O)CO. The smallest absolute Gasteiger partial charge is 0.394 e. The zero-order chi connectivity index (χ0) is 14.5. The van der Waals surface area contributed by atoms with E-state index in [1.807, 2.05) is 0 Å². The van der Waals surface area contributed by atoms with E-state index in [1.165, 1.54) is 0 Å². The molecular formula is C7H15O10P. The van der Waals surface area contributed by atoms with Gasteiger partial charge in [-0.1, -0.05) is 0 Å². The largest absolute Gasteiger partial charge is 0.470 e. The van der Waals surface area contributed by atoms with Crippen LogP contribution in [0.15, 0.2) is 0 Å². The number of ketones is 1. The number of Topliss-reactive ketones (excluding diaryl/α,β-unsaturated/α-hetero) is 1. The number of hydrogen-bond acceptors (Lipinski definition) is 8. The Kier molecular flexibility index (Phi) is 7.07. The Morgan fingerprint density at radius 2 is 1.61 bits per heavy atom. The first kappa shape index (κ1) is 17.6. The van der Waals surface area contributed by atoms with Crippen molar-refractivity contribution in [1.82, 2.24) is 0 Å². The highest BCUT2D eigenvalue weighted by Gasteiger charge is 2.34. The van der Waals surface area contributed by atoms with Crippen molar-refractivity contribution in [1.29, 1.82) is 0 Å². The summed E-state index contributed by atoms with van der Waals surface area (Å²) in [7, 11) is -4.90. The van der Waals surface area contributed by atoms with Crippen LogP contribution in [0, 0.1) is 0 Å². The normalized spacial score (nSPS) is 19.1. The molecule has 0 saturated carbocycles. The van der Waals surface area contributed by atoms with Crippen LogP contribution in [-0.2, 0) is 13.9 Å². The van der Waals surface area contributed by atoms with E-state index >= 15 is 0 Å². The minimum absolute atomic E-state index is 0.919. The molecule has 0 rings (SSSR count). The zero-order valence-electron chi connectivity index (χ0n) is 9.03. The molecule has 10 nitrogen and oxygen atoms in total. The van der Waals surface area contributed by atoms with Gasteiger partial charge < -0.3 is 35.3 Å². The van der Waals surface area contributed by atoms with Gasteiger partial charge in [0.1, 0.15) is 31.0 Å². The van der Waals surface area contributed by atoms with Gasteiger partial charge in [0.25, 0.3) is 0 Å². The van der Waals surface area contributed by atoms with Crippen molar-refractivity contribution in [2.45, 2.75) is 24.4 Å². The first-order valence-corrected chi connectivity index (χ1v) is 6.19. The summed E-state index contributed by atoms with van der Waals surface area (Å²) in [6.07, 6.45) is -8.16. The van der Waals surface area contributed by atoms with Gasteiger partial charge in [0.15, 0.2) is 5.78 Å². The summed E-state index contributed by atoms with van der Waals surface area (Å²) < 4.78 is 14.1. The van der Waals surface area contributed by atoms with Gasteiger partial charge in [-0.05, 0) is 0 Å². The molecule has 0 heterocycles. The molecule has 0 aliphatic carbocycles. The minimum Gasteiger partial charge on any atom is -0.394 e. The van der Waals surface area contributed by atoms with Crippen LogP contribution in [0.1, 0.15) is 0 Å². The Hall–Kier alpha value is -0.420. The first-order valence-electron chi connectivity index (χ1n) is 4.66. The molecule has 0 fully saturated rings. The van der Waals surface area contributed by atoms with Crippen LogP contribution in [0.25, 0.3) is 0 Å². The summed E-state index contributed by atoms with van der Waals surface area (Å²) in [5, 5.41) is 45.0. The molecule has 0 unspecified atom stereocenters. The Bertz CT molecular complexity index is 313. The summed E-state index contributed by atoms with van der Waals surface area (Å²) in [5.74, 6) is -1.31. The van der Waals surface area contributed by atoms with E-state index in [2.05, 4.69) is 4.52 Å². The number of hydrogen-bond donors (Lipinski definition) is 7. The predicted molar refractivity (Wildman–Crippen MR) is 54.1 cm³/mol. The van der Waals surface area contributed by atoms with Crippen molar-refractivity contribution in [2.24, 2.45) is 0 Å². The number of phosphoric acid groups is 1. The standard InChI is InChI=1S/C7H15O10P/c8-1-3(9)5(11)7(13)6(12)4(10)2-17-18(14,15)16/h3,5-9,11-13H,1-2H2,(H2,14,15,16)/t3-,5-,6-,7-/m1/s1. The molecule has 0 bridgehead atoms. The monoisotopic (exact) mass is 290 g/mol. The van der Waals surface area contributed by atoms with Gasteiger partial charge in [0.05, 0.1) is 6.61 Å². The lowest BCUT2D eigenvalue weighted by Crippen LogP contribution is -2.49. The van der Waals surface area contributed by atoms with Gasteiger partial charge >= 0.3 is 7.82 Å². The first-order chi connectivity index (χ1) is 8.10. The van der Waals surface area contributed by atoms with Crippen LogP contribution in [0.5, 0.6) is 0 Å². The molecule has 108 valence electrons. The van der Waals surface area contributed by atoms with Crippen LogP contribution < -0.4 is 0 Å². The number of phosphoric ester groups is 1. The maximum absolute atomic E-state index is 11.1. The summed E-state index contributed by atoms with van der Waals surface area (Å²) in [6.45, 7) is -2.11. The van der Waals surface area contributed by atoms with Crippen LogP contribution in [-0.4, -0.2) is 78.7 Å². The molecule has 18 heavy (non-hydrogen) atoms. The molecule has 0 aliphatic rings. The summed E-state index contributed by atoms with van der Waals surface area (Å²) in [4.78, 5) is 27.7. The number of rotatable bonds is 8. The Labute approximate surface area is 101 Å². The highest BCUT2D eigenvalue weighted by atomic mass is 31.2. The summed E-state index contributed by atoms with van der Waals surface area (Å²) in [6, 6.07) is 0. The van der Waals surface area contributed by atoms with E-state index in [4.69, 9.17) is 25.1 Å². The van der Waals surface area contributed by atoms with Crippen LogP contribution in [0.4, 0.5) is 0 Å². The highest BCUT2D eigenvalue weighted by Crippen LogP contribution is 2.35. The van der Waals surface area contributed by atoms with E-state index in [0.29, 0.717) is 0 Å². The van der Waals surface area contributed by atoms with Gasteiger partial charge in [-0.2, -0.15) is 0 Å². The van der Waals surface area contributed by atoms with E-state index in [1.54, 1.807) is 0 Å². The van der Waals surface area contributed by atoms with E-state index in [9.17, 15) is 19.6 Å². The third-order valence-corrected chi connectivity index (χ3v) is 2.43. The molecule has 0 radical (unpaired) electrons. The molecule has 0 aromatic rings. The maximum Gasteiger partial charge on any atom is 0.470 e. The molecule has 0 aromatic heterocycles. The van der Waals surface area contributed by atoms with Gasteiger partial charge in [0, 0.05) is 0 Å². The van der Waals surface area contributed by atoms with Crippen LogP contribution >= 0.6 is 7.82 Å². The zero-order valence-corrected chi connectivity index (χ0v) is 9.92. The van der Waals surface area contributed by atoms with Crippen LogP contribution in [0.2, 0.25) is 0 Å². The lowest BCUT2D eigenvalue weighted by atomic mass is 10.0. The second kappa shape index (κ2) is 7.24. The molecule has 0 aromatic carbocycles. The Morgan fingerprint density at radius 3 is 2.00 bits per heavy atom. The molecule has 11 heteroatoms. The van der Waals surface area contributed by atoms with Crippen molar-refractivity contribution in [3.8, 4) is 0 Å². The van der Waals surface area contributed by atoms with Crippen molar-refractivity contribution < 1.29 is 49.2 Å². The molecule has 0 aliphatic heterocycles. The maximum atomic E-state index is 11.1. The molecule has 7 N–H and O–H groups in total. The van der Waals surface area contributed by atoms with Gasteiger partial charge in [-0.15, -0.1) is 0 Å². The summed E-state index contributed by atoms with van der Waals surface area (Å²) >= 11 is 0. The minimum atomic E-state index is -4.90. The quantitative estimate of drug-likeness (QED) is 0.218. The second-order valence-corrected chi connectivity index (χ2v) is 4.65. The number of aliphatic hydroxyl groups excluding tert-OH is 5. The third-order valence-electron chi connectivity index (χ3n) is 1.96. The Morgan fingerprint density at radius 1 is 1.11 bits per heavy atom. The lowest BCUT2D eigenvalue weighted by molar-refractivity contribution is -0.149. The molecule has 4 atom stereocenters. The number of aliphatic hydroxyl groups is 5. The molecule has 0 saturated heterocycles. The number of carbonyl (C=O) groups excluding carboxylic acids is 1. The highest BCUT2D eigenvalue weighted by molar-refractivity contribution is 7.46. The molecule has 0 amide bonds. The van der Waals surface area contributed by atoms with E-state index in [-0.39, 0.29) is 0 Å². The van der Waals surface area contributed by atoms with Crippen molar-refractivity contribution in [3.05, 3.63) is 0 Å². The fraction of sp³-hybridized carbons (Fsp3) is 0.857. The van der Waals surface area contributed by atoms with Gasteiger partial charge in [-0.25, -0.2) is 4.57 Å². The predicted octanol–water partition coefficient (Wildman–Crippen LogP) is -3.90. The van der Waals surface area contributed by atoms with Crippen molar-refractivity contribution in [2.75, 3.05) is 13.2 Å². The third kappa shape index (κ3) is 5.96. The fourth-order valence-electron chi connectivity index (χ4n) is 0.946. The summed E-state index contributed by atoms with van der Waals surface area (Å²) in [5.41, 5.74) is 0. The second-order valence-electron chi connectivity index (χ2n) is 3.41.